The number of nitrogens with zero attached hydrogens (tertiary/aromatic N) is 2. The van der Waals surface area contributed by atoms with E-state index in [1.54, 1.807) is 11.7 Å². The summed E-state index contributed by atoms with van der Waals surface area (Å²) in [6.07, 6.45) is 1.11. The van der Waals surface area contributed by atoms with Crippen molar-refractivity contribution < 1.29 is 8.42 Å². The van der Waals surface area contributed by atoms with E-state index in [1.165, 1.54) is 0 Å². The average molecular weight is 254 g/mol. The fourth-order valence-corrected chi connectivity index (χ4v) is 2.29. The second kappa shape index (κ2) is 3.92. The highest BCUT2D eigenvalue weighted by Crippen LogP contribution is 2.28. The van der Waals surface area contributed by atoms with E-state index in [1.807, 2.05) is 25.2 Å². The summed E-state index contributed by atoms with van der Waals surface area (Å²) in [6, 6.07) is 5.59. The van der Waals surface area contributed by atoms with Gasteiger partial charge in [0.25, 0.3) is 0 Å². The minimum atomic E-state index is -3.32. The molecule has 0 bridgehead atoms. The first-order valence-corrected chi connectivity index (χ1v) is 6.93. The molecule has 92 valence electrons. The van der Waals surface area contributed by atoms with Crippen LogP contribution in [-0.4, -0.2) is 31.5 Å². The molecule has 1 heterocycles. The largest absolute Gasteiger partial charge is 0.386 e. The molecule has 7 heteroatoms. The highest BCUT2D eigenvalue weighted by molar-refractivity contribution is 7.92. The van der Waals surface area contributed by atoms with E-state index in [4.69, 9.17) is 0 Å². The summed E-state index contributed by atoms with van der Waals surface area (Å²) in [5, 5.41) is 7.99. The number of para-hydroxylation sites is 1. The van der Waals surface area contributed by atoms with Crippen LogP contribution in [0.15, 0.2) is 18.2 Å². The highest BCUT2D eigenvalue weighted by atomic mass is 32.2. The molecule has 1 aromatic carbocycles. The third-order valence-electron chi connectivity index (χ3n) is 2.42. The first-order valence-electron chi connectivity index (χ1n) is 5.03. The van der Waals surface area contributed by atoms with Gasteiger partial charge >= 0.3 is 0 Å². The van der Waals surface area contributed by atoms with Crippen LogP contribution in [0.3, 0.4) is 0 Å². The van der Waals surface area contributed by atoms with Crippen LogP contribution in [-0.2, 0) is 17.1 Å². The third kappa shape index (κ3) is 2.19. The van der Waals surface area contributed by atoms with Crippen LogP contribution < -0.4 is 10.0 Å². The number of nitrogens with one attached hydrogen (secondary N) is 2. The number of aromatic nitrogens is 2. The summed E-state index contributed by atoms with van der Waals surface area (Å²) in [6.45, 7) is 0. The van der Waals surface area contributed by atoms with Crippen molar-refractivity contribution in [1.29, 1.82) is 0 Å². The molecule has 6 nitrogen and oxygen atoms in total. The topological polar surface area (TPSA) is 76.0 Å². The van der Waals surface area contributed by atoms with Crippen molar-refractivity contribution in [3.8, 4) is 0 Å². The molecule has 2 rings (SSSR count). The Hall–Kier alpha value is -1.76. The van der Waals surface area contributed by atoms with Gasteiger partial charge in [0.1, 0.15) is 0 Å². The average Bonchev–Trinajstić information content (AvgIpc) is 2.53. The molecule has 0 aliphatic carbocycles. The normalized spacial score (nSPS) is 11.7. The standard InChI is InChI=1S/C10H14N4O2S/c1-11-8-6-4-5-7-9(8)14(2)12-10(7)13-17(3,15)16/h4-6,11H,1-3H3,(H,12,13). The van der Waals surface area contributed by atoms with Gasteiger partial charge in [-0.2, -0.15) is 5.10 Å². The Morgan fingerprint density at radius 2 is 2.06 bits per heavy atom. The monoisotopic (exact) mass is 254 g/mol. The van der Waals surface area contributed by atoms with Gasteiger partial charge in [0.2, 0.25) is 10.0 Å². The molecule has 0 amide bonds. The zero-order valence-electron chi connectivity index (χ0n) is 9.85. The number of rotatable bonds is 3. The molecule has 0 fully saturated rings. The predicted molar refractivity (Wildman–Crippen MR) is 68.7 cm³/mol. The van der Waals surface area contributed by atoms with Crippen molar-refractivity contribution in [3.63, 3.8) is 0 Å². The van der Waals surface area contributed by atoms with E-state index in [2.05, 4.69) is 15.1 Å². The zero-order valence-corrected chi connectivity index (χ0v) is 10.7. The number of hydrogen-bond acceptors (Lipinski definition) is 4. The number of benzene rings is 1. The Morgan fingerprint density at radius 1 is 1.35 bits per heavy atom. The Bertz CT molecular complexity index is 660. The van der Waals surface area contributed by atoms with Gasteiger partial charge in [-0.25, -0.2) is 8.42 Å². The minimum Gasteiger partial charge on any atom is -0.386 e. The molecule has 0 radical (unpaired) electrons. The highest BCUT2D eigenvalue weighted by Gasteiger charge is 2.13. The smallest absolute Gasteiger partial charge is 0.231 e. The number of anilines is 2. The van der Waals surface area contributed by atoms with E-state index in [-0.39, 0.29) is 0 Å². The van der Waals surface area contributed by atoms with Gasteiger partial charge in [-0.1, -0.05) is 6.07 Å². The number of fused-ring (bicyclic) bond motifs is 1. The molecule has 0 saturated heterocycles. The summed E-state index contributed by atoms with van der Waals surface area (Å²) >= 11 is 0. The molecule has 0 aliphatic heterocycles. The van der Waals surface area contributed by atoms with Crippen LogP contribution in [0.25, 0.3) is 10.9 Å². The van der Waals surface area contributed by atoms with E-state index < -0.39 is 10.0 Å². The number of aryl methyl sites for hydroxylation is 1. The summed E-state index contributed by atoms with van der Waals surface area (Å²) in [5.41, 5.74) is 1.76. The third-order valence-corrected chi connectivity index (χ3v) is 2.98. The van der Waals surface area contributed by atoms with E-state index >= 15 is 0 Å². The number of sulfonamides is 1. The molecule has 2 N–H and O–H groups in total. The lowest BCUT2D eigenvalue weighted by Gasteiger charge is -2.03. The van der Waals surface area contributed by atoms with E-state index in [0.717, 1.165) is 22.8 Å². The van der Waals surface area contributed by atoms with Crippen LogP contribution >= 0.6 is 0 Å². The lowest BCUT2D eigenvalue weighted by molar-refractivity contribution is 0.606. The van der Waals surface area contributed by atoms with Crippen LogP contribution in [0.2, 0.25) is 0 Å². The van der Waals surface area contributed by atoms with Crippen LogP contribution in [0.4, 0.5) is 11.5 Å². The van der Waals surface area contributed by atoms with Crippen molar-refractivity contribution in [2.24, 2.45) is 7.05 Å². The zero-order chi connectivity index (χ0) is 12.6. The number of hydrogen-bond donors (Lipinski definition) is 2. The molecular formula is C10H14N4O2S. The second-order valence-corrected chi connectivity index (χ2v) is 5.55. The van der Waals surface area contributed by atoms with E-state index in [9.17, 15) is 8.42 Å². The van der Waals surface area contributed by atoms with Gasteiger partial charge in [0.15, 0.2) is 5.82 Å². The molecule has 2 aromatic rings. The predicted octanol–water partition coefficient (Wildman–Crippen LogP) is 0.986. The maximum absolute atomic E-state index is 11.2. The lowest BCUT2D eigenvalue weighted by Crippen LogP contribution is -2.10. The van der Waals surface area contributed by atoms with Crippen LogP contribution in [0.1, 0.15) is 0 Å². The van der Waals surface area contributed by atoms with Gasteiger partial charge in [0, 0.05) is 19.5 Å². The second-order valence-electron chi connectivity index (χ2n) is 3.80. The Morgan fingerprint density at radius 3 is 2.65 bits per heavy atom. The van der Waals surface area contributed by atoms with Crippen molar-refractivity contribution in [2.75, 3.05) is 23.3 Å². The molecule has 17 heavy (non-hydrogen) atoms. The molecular weight excluding hydrogens is 240 g/mol. The molecule has 0 spiro atoms. The Labute approximate surface area is 99.7 Å². The van der Waals surface area contributed by atoms with Crippen LogP contribution in [0.5, 0.6) is 0 Å². The summed E-state index contributed by atoms with van der Waals surface area (Å²) in [7, 11) is 0.264. The summed E-state index contributed by atoms with van der Waals surface area (Å²) < 4.78 is 26.5. The van der Waals surface area contributed by atoms with E-state index in [0.29, 0.717) is 5.82 Å². The molecule has 0 aliphatic rings. The van der Waals surface area contributed by atoms with Crippen molar-refractivity contribution in [1.82, 2.24) is 9.78 Å². The first-order chi connectivity index (χ1) is 7.92. The fourth-order valence-electron chi connectivity index (χ4n) is 1.79. The van der Waals surface area contributed by atoms with Crippen molar-refractivity contribution >= 4 is 32.4 Å². The Balaban J connectivity index is 2.68. The molecule has 0 saturated carbocycles. The fraction of sp³-hybridized carbons (Fsp3) is 0.300. The Kier molecular flexibility index (Phi) is 2.70. The molecule has 0 atom stereocenters. The SMILES string of the molecule is CNc1cccc2c(NS(C)(=O)=O)nn(C)c12. The first kappa shape index (κ1) is 11.7. The maximum atomic E-state index is 11.2. The minimum absolute atomic E-state index is 0.349. The van der Waals surface area contributed by atoms with Crippen LogP contribution in [0, 0.1) is 0 Å². The van der Waals surface area contributed by atoms with Gasteiger partial charge < -0.3 is 5.32 Å². The van der Waals surface area contributed by atoms with Gasteiger partial charge in [-0.05, 0) is 12.1 Å². The quantitative estimate of drug-likeness (QED) is 0.856. The van der Waals surface area contributed by atoms with Crippen molar-refractivity contribution in [3.05, 3.63) is 18.2 Å². The summed E-state index contributed by atoms with van der Waals surface area (Å²) in [5.74, 6) is 0.349. The molecule has 1 aromatic heterocycles. The van der Waals surface area contributed by atoms with Gasteiger partial charge in [-0.15, -0.1) is 0 Å². The maximum Gasteiger partial charge on any atom is 0.231 e. The lowest BCUT2D eigenvalue weighted by atomic mass is 10.2. The van der Waals surface area contributed by atoms with Gasteiger partial charge in [-0.3, -0.25) is 9.40 Å². The molecule has 0 unspecified atom stereocenters. The van der Waals surface area contributed by atoms with Gasteiger partial charge in [0.05, 0.1) is 17.5 Å². The van der Waals surface area contributed by atoms with Crippen molar-refractivity contribution in [2.45, 2.75) is 0 Å². The summed E-state index contributed by atoms with van der Waals surface area (Å²) in [4.78, 5) is 0.